The van der Waals surface area contributed by atoms with Crippen LogP contribution in [0.25, 0.3) is 0 Å². The molecule has 0 spiro atoms. The molecular formula is C6H10NO2. The largest absolute Gasteiger partial charge is 0.396 e. The summed E-state index contributed by atoms with van der Waals surface area (Å²) in [6.45, 7) is 1.49. The standard InChI is InChI=1S/C6H10NO2/c8-5-2-6(9)7-3-1-4-7/h1,8H,2-5H2. The SMILES string of the molecule is O=C(CCO)N1C[CH]C1. The third kappa shape index (κ3) is 1.42. The van der Waals surface area contributed by atoms with Crippen molar-refractivity contribution >= 4 is 5.91 Å². The molecule has 1 saturated heterocycles. The van der Waals surface area contributed by atoms with Crippen molar-refractivity contribution in [2.75, 3.05) is 19.7 Å². The van der Waals surface area contributed by atoms with Gasteiger partial charge < -0.3 is 10.0 Å². The molecule has 3 heteroatoms. The monoisotopic (exact) mass is 128 g/mol. The van der Waals surface area contributed by atoms with Crippen molar-refractivity contribution in [2.24, 2.45) is 0 Å². The molecule has 1 aliphatic heterocycles. The third-order valence-electron chi connectivity index (χ3n) is 1.38. The van der Waals surface area contributed by atoms with Crippen LogP contribution in [0.3, 0.4) is 0 Å². The van der Waals surface area contributed by atoms with E-state index in [0.29, 0.717) is 0 Å². The van der Waals surface area contributed by atoms with Gasteiger partial charge in [0.2, 0.25) is 5.91 Å². The summed E-state index contributed by atoms with van der Waals surface area (Å²) in [5.74, 6) is 0.0556. The predicted molar refractivity (Wildman–Crippen MR) is 32.6 cm³/mol. The molecule has 1 radical (unpaired) electrons. The molecule has 0 aromatic carbocycles. The lowest BCUT2D eigenvalue weighted by molar-refractivity contribution is -0.133. The summed E-state index contributed by atoms with van der Waals surface area (Å²) in [6.07, 6.45) is 2.29. The molecule has 0 saturated carbocycles. The van der Waals surface area contributed by atoms with E-state index in [1.807, 2.05) is 6.42 Å². The highest BCUT2D eigenvalue weighted by atomic mass is 16.3. The number of hydrogen-bond donors (Lipinski definition) is 1. The number of nitrogens with zero attached hydrogens (tertiary/aromatic N) is 1. The average Bonchev–Trinajstić information content (AvgIpc) is 1.60. The first-order valence-electron chi connectivity index (χ1n) is 3.05. The lowest BCUT2D eigenvalue weighted by atomic mass is 10.2. The van der Waals surface area contributed by atoms with Crippen LogP contribution in [-0.2, 0) is 4.79 Å². The molecule has 3 nitrogen and oxygen atoms in total. The Morgan fingerprint density at radius 3 is 2.67 bits per heavy atom. The van der Waals surface area contributed by atoms with Gasteiger partial charge in [-0.05, 0) is 0 Å². The van der Waals surface area contributed by atoms with Gasteiger partial charge in [-0.25, -0.2) is 0 Å². The fraction of sp³-hybridized carbons (Fsp3) is 0.667. The molecule has 0 bridgehead atoms. The number of likely N-dealkylation sites (tertiary alicyclic amines) is 1. The van der Waals surface area contributed by atoms with Crippen LogP contribution in [0.15, 0.2) is 0 Å². The zero-order valence-electron chi connectivity index (χ0n) is 5.21. The zero-order valence-corrected chi connectivity index (χ0v) is 5.21. The lowest BCUT2D eigenvalue weighted by Gasteiger charge is -2.30. The summed E-state index contributed by atoms with van der Waals surface area (Å²) < 4.78 is 0. The quantitative estimate of drug-likeness (QED) is 0.540. The minimum absolute atomic E-state index is 0.0324. The van der Waals surface area contributed by atoms with E-state index in [0.717, 1.165) is 13.1 Å². The maximum absolute atomic E-state index is 10.8. The van der Waals surface area contributed by atoms with Gasteiger partial charge in [0.1, 0.15) is 0 Å². The van der Waals surface area contributed by atoms with Gasteiger partial charge in [0.05, 0.1) is 6.61 Å². The van der Waals surface area contributed by atoms with E-state index >= 15 is 0 Å². The van der Waals surface area contributed by atoms with Crippen LogP contribution in [0, 0.1) is 6.42 Å². The number of aliphatic hydroxyl groups excluding tert-OH is 1. The first-order valence-corrected chi connectivity index (χ1v) is 3.05. The Kier molecular flexibility index (Phi) is 2.05. The van der Waals surface area contributed by atoms with Gasteiger partial charge in [0, 0.05) is 25.9 Å². The minimum atomic E-state index is -0.0324. The fourth-order valence-electron chi connectivity index (χ4n) is 0.716. The van der Waals surface area contributed by atoms with Crippen LogP contribution >= 0.6 is 0 Å². The second-order valence-electron chi connectivity index (χ2n) is 2.06. The Labute approximate surface area is 54.3 Å². The summed E-state index contributed by atoms with van der Waals surface area (Å²) in [5.41, 5.74) is 0. The molecule has 0 aromatic heterocycles. The van der Waals surface area contributed by atoms with Crippen LogP contribution < -0.4 is 0 Å². The summed E-state index contributed by atoms with van der Waals surface area (Å²) in [4.78, 5) is 12.5. The molecule has 1 N–H and O–H groups in total. The highest BCUT2D eigenvalue weighted by Gasteiger charge is 2.18. The number of aliphatic hydroxyl groups is 1. The van der Waals surface area contributed by atoms with Crippen LogP contribution in [-0.4, -0.2) is 35.6 Å². The van der Waals surface area contributed by atoms with Gasteiger partial charge in [-0.1, -0.05) is 0 Å². The predicted octanol–water partition coefficient (Wildman–Crippen LogP) is -0.585. The van der Waals surface area contributed by atoms with Crippen LogP contribution in [0.5, 0.6) is 0 Å². The van der Waals surface area contributed by atoms with Gasteiger partial charge in [-0.3, -0.25) is 4.79 Å². The summed E-state index contributed by atoms with van der Waals surface area (Å²) in [6, 6.07) is 0. The number of carbonyl (C=O) groups excluding carboxylic acids is 1. The maximum Gasteiger partial charge on any atom is 0.224 e. The Balaban J connectivity index is 2.16. The van der Waals surface area contributed by atoms with Crippen LogP contribution in [0.4, 0.5) is 0 Å². The van der Waals surface area contributed by atoms with E-state index in [2.05, 4.69) is 0 Å². The molecule has 1 fully saturated rings. The first kappa shape index (κ1) is 6.55. The zero-order chi connectivity index (χ0) is 6.69. The number of rotatable bonds is 2. The molecule has 1 amide bonds. The van der Waals surface area contributed by atoms with E-state index in [1.165, 1.54) is 0 Å². The van der Waals surface area contributed by atoms with Gasteiger partial charge in [-0.2, -0.15) is 0 Å². The normalized spacial score (nSPS) is 17.2. The summed E-state index contributed by atoms with van der Waals surface area (Å²) in [7, 11) is 0. The van der Waals surface area contributed by atoms with Crippen molar-refractivity contribution in [3.63, 3.8) is 0 Å². The minimum Gasteiger partial charge on any atom is -0.396 e. The Morgan fingerprint density at radius 2 is 2.33 bits per heavy atom. The number of carbonyl (C=O) groups is 1. The van der Waals surface area contributed by atoms with Gasteiger partial charge in [0.25, 0.3) is 0 Å². The smallest absolute Gasteiger partial charge is 0.224 e. The molecule has 1 rings (SSSR count). The van der Waals surface area contributed by atoms with Crippen molar-refractivity contribution in [1.29, 1.82) is 0 Å². The highest BCUT2D eigenvalue weighted by Crippen LogP contribution is 2.05. The fourth-order valence-corrected chi connectivity index (χ4v) is 0.716. The van der Waals surface area contributed by atoms with Crippen molar-refractivity contribution in [1.82, 2.24) is 4.90 Å². The van der Waals surface area contributed by atoms with E-state index in [1.54, 1.807) is 4.90 Å². The molecule has 1 aliphatic rings. The summed E-state index contributed by atoms with van der Waals surface area (Å²) >= 11 is 0. The molecule has 51 valence electrons. The van der Waals surface area contributed by atoms with Crippen molar-refractivity contribution in [3.8, 4) is 0 Å². The Hall–Kier alpha value is -0.570. The molecule has 1 heterocycles. The van der Waals surface area contributed by atoms with Crippen molar-refractivity contribution in [2.45, 2.75) is 6.42 Å². The average molecular weight is 128 g/mol. The topological polar surface area (TPSA) is 40.5 Å². The highest BCUT2D eigenvalue weighted by molar-refractivity contribution is 5.77. The van der Waals surface area contributed by atoms with Crippen LogP contribution in [0.2, 0.25) is 0 Å². The molecule has 0 aliphatic carbocycles. The molecule has 0 unspecified atom stereocenters. The summed E-state index contributed by atoms with van der Waals surface area (Å²) in [5, 5.41) is 8.35. The van der Waals surface area contributed by atoms with E-state index in [4.69, 9.17) is 5.11 Å². The lowest BCUT2D eigenvalue weighted by Crippen LogP contribution is -2.42. The van der Waals surface area contributed by atoms with Crippen molar-refractivity contribution in [3.05, 3.63) is 6.42 Å². The second kappa shape index (κ2) is 2.82. The van der Waals surface area contributed by atoms with Gasteiger partial charge in [-0.15, -0.1) is 0 Å². The molecule has 0 aromatic rings. The van der Waals surface area contributed by atoms with E-state index in [-0.39, 0.29) is 18.9 Å². The van der Waals surface area contributed by atoms with Gasteiger partial charge in [0.15, 0.2) is 0 Å². The number of amides is 1. The Morgan fingerprint density at radius 1 is 1.67 bits per heavy atom. The molecule has 0 atom stereocenters. The van der Waals surface area contributed by atoms with Gasteiger partial charge >= 0.3 is 0 Å². The molecular weight excluding hydrogens is 118 g/mol. The maximum atomic E-state index is 10.8. The van der Waals surface area contributed by atoms with Crippen LogP contribution in [0.1, 0.15) is 6.42 Å². The third-order valence-corrected chi connectivity index (χ3v) is 1.38. The first-order chi connectivity index (χ1) is 4.34. The molecule has 9 heavy (non-hydrogen) atoms. The van der Waals surface area contributed by atoms with E-state index < -0.39 is 0 Å². The second-order valence-corrected chi connectivity index (χ2v) is 2.06. The van der Waals surface area contributed by atoms with Crippen molar-refractivity contribution < 1.29 is 9.90 Å². The Bertz CT molecular complexity index is 110. The number of hydrogen-bond acceptors (Lipinski definition) is 2. The van der Waals surface area contributed by atoms with E-state index in [9.17, 15) is 4.79 Å².